The highest BCUT2D eigenvalue weighted by Gasteiger charge is 2.25. The molecular formula is C24H28N2O2. The predicted molar refractivity (Wildman–Crippen MR) is 113 cm³/mol. The van der Waals surface area contributed by atoms with Crippen LogP contribution in [0.3, 0.4) is 0 Å². The monoisotopic (exact) mass is 376 g/mol. The minimum Gasteiger partial charge on any atom is -0.490 e. The van der Waals surface area contributed by atoms with Crippen molar-refractivity contribution < 1.29 is 9.53 Å². The van der Waals surface area contributed by atoms with Crippen molar-refractivity contribution in [1.29, 1.82) is 0 Å². The number of carbonyl (C=O) groups excluding carboxylic acids is 1. The third kappa shape index (κ3) is 3.64. The average Bonchev–Trinajstić information content (AvgIpc) is 3.38. The quantitative estimate of drug-likeness (QED) is 0.600. The third-order valence-corrected chi connectivity index (χ3v) is 5.60. The zero-order valence-electron chi connectivity index (χ0n) is 16.7. The number of likely N-dealkylation sites (tertiary alicyclic amines) is 1. The van der Waals surface area contributed by atoms with E-state index >= 15 is 0 Å². The highest BCUT2D eigenvalue weighted by molar-refractivity contribution is 6.00. The van der Waals surface area contributed by atoms with E-state index < -0.39 is 0 Å². The number of amides is 1. The molecule has 0 radical (unpaired) electrons. The van der Waals surface area contributed by atoms with Crippen molar-refractivity contribution in [2.24, 2.45) is 0 Å². The van der Waals surface area contributed by atoms with Crippen molar-refractivity contribution in [2.45, 2.75) is 45.8 Å². The number of hydrogen-bond donors (Lipinski definition) is 0. The molecule has 2 heterocycles. The van der Waals surface area contributed by atoms with Gasteiger partial charge in [0.25, 0.3) is 5.91 Å². The maximum absolute atomic E-state index is 13.3. The van der Waals surface area contributed by atoms with Gasteiger partial charge in [0.05, 0.1) is 11.6 Å². The van der Waals surface area contributed by atoms with Crippen LogP contribution in [0.1, 0.15) is 49.2 Å². The van der Waals surface area contributed by atoms with Crippen LogP contribution in [0.25, 0.3) is 10.9 Å². The molecule has 2 aromatic carbocycles. The summed E-state index contributed by atoms with van der Waals surface area (Å²) < 4.78 is 8.31. The van der Waals surface area contributed by atoms with E-state index in [2.05, 4.69) is 36.6 Å². The number of fused-ring (bicyclic) bond motifs is 1. The van der Waals surface area contributed by atoms with Gasteiger partial charge >= 0.3 is 0 Å². The lowest BCUT2D eigenvalue weighted by atomic mass is 10.2. The summed E-state index contributed by atoms with van der Waals surface area (Å²) in [6, 6.07) is 18.5. The van der Waals surface area contributed by atoms with Crippen molar-refractivity contribution in [1.82, 2.24) is 9.47 Å². The van der Waals surface area contributed by atoms with Gasteiger partial charge in [0, 0.05) is 25.0 Å². The average molecular weight is 377 g/mol. The molecule has 4 heteroatoms. The summed E-state index contributed by atoms with van der Waals surface area (Å²) in [6.45, 7) is 6.57. The second-order valence-corrected chi connectivity index (χ2v) is 7.63. The molecule has 0 N–H and O–H groups in total. The van der Waals surface area contributed by atoms with Crippen LogP contribution in [-0.2, 0) is 6.54 Å². The Bertz CT molecular complexity index is 955. The van der Waals surface area contributed by atoms with Gasteiger partial charge in [-0.3, -0.25) is 4.79 Å². The lowest BCUT2D eigenvalue weighted by Gasteiger charge is -2.17. The fourth-order valence-electron chi connectivity index (χ4n) is 3.86. The molecule has 0 aliphatic carbocycles. The van der Waals surface area contributed by atoms with Crippen LogP contribution in [0.5, 0.6) is 5.75 Å². The Labute approximate surface area is 166 Å². The third-order valence-electron chi connectivity index (χ3n) is 5.60. The molecule has 3 aromatic rings. The van der Waals surface area contributed by atoms with E-state index in [1.807, 2.05) is 41.3 Å². The Balaban J connectivity index is 1.81. The molecule has 1 amide bonds. The van der Waals surface area contributed by atoms with E-state index in [0.29, 0.717) is 6.54 Å². The molecule has 1 aliphatic rings. The molecule has 146 valence electrons. The summed E-state index contributed by atoms with van der Waals surface area (Å²) in [7, 11) is 0. The van der Waals surface area contributed by atoms with Crippen LogP contribution >= 0.6 is 0 Å². The molecule has 28 heavy (non-hydrogen) atoms. The summed E-state index contributed by atoms with van der Waals surface area (Å²) in [5.74, 6) is 0.980. The summed E-state index contributed by atoms with van der Waals surface area (Å²) >= 11 is 0. The molecule has 1 saturated heterocycles. The van der Waals surface area contributed by atoms with E-state index in [0.717, 1.165) is 54.7 Å². The van der Waals surface area contributed by atoms with E-state index in [1.54, 1.807) is 0 Å². The van der Waals surface area contributed by atoms with Crippen LogP contribution in [0.15, 0.2) is 54.6 Å². The predicted octanol–water partition coefficient (Wildman–Crippen LogP) is 5.10. The normalized spacial score (nSPS) is 15.1. The Kier molecular flexibility index (Phi) is 5.38. The van der Waals surface area contributed by atoms with Gasteiger partial charge in [0.1, 0.15) is 11.4 Å². The fraction of sp³-hybridized carbons (Fsp3) is 0.375. The Hall–Kier alpha value is -2.75. The van der Waals surface area contributed by atoms with E-state index in [9.17, 15) is 4.79 Å². The molecule has 4 nitrogen and oxygen atoms in total. The number of benzene rings is 2. The van der Waals surface area contributed by atoms with Crippen molar-refractivity contribution >= 4 is 16.8 Å². The highest BCUT2D eigenvalue weighted by Crippen LogP contribution is 2.31. The van der Waals surface area contributed by atoms with Crippen LogP contribution in [0.4, 0.5) is 0 Å². The van der Waals surface area contributed by atoms with Gasteiger partial charge in [0.15, 0.2) is 0 Å². The lowest BCUT2D eigenvalue weighted by Crippen LogP contribution is -2.29. The summed E-state index contributed by atoms with van der Waals surface area (Å²) in [6.07, 6.45) is 3.27. The van der Waals surface area contributed by atoms with Crippen molar-refractivity contribution in [3.05, 3.63) is 65.9 Å². The molecule has 0 bridgehead atoms. The lowest BCUT2D eigenvalue weighted by molar-refractivity contribution is 0.0783. The Morgan fingerprint density at radius 1 is 1.07 bits per heavy atom. The van der Waals surface area contributed by atoms with Gasteiger partial charge in [0.2, 0.25) is 0 Å². The van der Waals surface area contributed by atoms with E-state index in [-0.39, 0.29) is 12.0 Å². The fourth-order valence-corrected chi connectivity index (χ4v) is 3.86. The molecule has 1 unspecified atom stereocenters. The van der Waals surface area contributed by atoms with Crippen molar-refractivity contribution in [3.63, 3.8) is 0 Å². The van der Waals surface area contributed by atoms with Gasteiger partial charge in [-0.05, 0) is 49.9 Å². The summed E-state index contributed by atoms with van der Waals surface area (Å²) in [5.41, 5.74) is 2.98. The SMILES string of the molecule is CCC(C)Oc1cccc2c1cc(C(=O)N1CCCC1)n2Cc1ccccc1. The number of hydrogen-bond acceptors (Lipinski definition) is 2. The minimum absolute atomic E-state index is 0.124. The minimum atomic E-state index is 0.124. The Morgan fingerprint density at radius 2 is 1.82 bits per heavy atom. The first kappa shape index (κ1) is 18.6. The molecule has 1 fully saturated rings. The van der Waals surface area contributed by atoms with E-state index in [1.165, 1.54) is 5.56 Å². The first-order chi connectivity index (χ1) is 13.7. The summed E-state index contributed by atoms with van der Waals surface area (Å²) in [4.78, 5) is 15.3. The molecule has 1 atom stereocenters. The van der Waals surface area contributed by atoms with Crippen LogP contribution < -0.4 is 4.74 Å². The van der Waals surface area contributed by atoms with Gasteiger partial charge in [-0.25, -0.2) is 0 Å². The van der Waals surface area contributed by atoms with Crippen LogP contribution in [0.2, 0.25) is 0 Å². The maximum Gasteiger partial charge on any atom is 0.270 e. The zero-order valence-corrected chi connectivity index (χ0v) is 16.7. The first-order valence-electron chi connectivity index (χ1n) is 10.3. The Morgan fingerprint density at radius 3 is 2.54 bits per heavy atom. The molecule has 0 spiro atoms. The summed E-state index contributed by atoms with van der Waals surface area (Å²) in [5, 5.41) is 1.02. The topological polar surface area (TPSA) is 34.5 Å². The number of carbonyl (C=O) groups is 1. The van der Waals surface area contributed by atoms with Gasteiger partial charge in [-0.2, -0.15) is 0 Å². The van der Waals surface area contributed by atoms with Gasteiger partial charge < -0.3 is 14.2 Å². The van der Waals surface area contributed by atoms with Crippen LogP contribution in [0, 0.1) is 0 Å². The number of ether oxygens (including phenoxy) is 1. The largest absolute Gasteiger partial charge is 0.490 e. The molecule has 4 rings (SSSR count). The molecule has 1 aliphatic heterocycles. The van der Waals surface area contributed by atoms with Crippen molar-refractivity contribution in [3.8, 4) is 5.75 Å². The maximum atomic E-state index is 13.3. The highest BCUT2D eigenvalue weighted by atomic mass is 16.5. The second kappa shape index (κ2) is 8.09. The zero-order chi connectivity index (χ0) is 19.5. The second-order valence-electron chi connectivity index (χ2n) is 7.63. The molecular weight excluding hydrogens is 348 g/mol. The number of rotatable bonds is 6. The van der Waals surface area contributed by atoms with Crippen molar-refractivity contribution in [2.75, 3.05) is 13.1 Å². The van der Waals surface area contributed by atoms with Gasteiger partial charge in [-0.15, -0.1) is 0 Å². The van der Waals surface area contributed by atoms with E-state index in [4.69, 9.17) is 4.74 Å². The standard InChI is InChI=1S/C24H28N2O2/c1-3-18(2)28-23-13-9-12-21-20(23)16-22(24(27)25-14-7-8-15-25)26(21)17-19-10-5-4-6-11-19/h4-6,9-13,16,18H,3,7-8,14-15,17H2,1-2H3. The number of aromatic nitrogens is 1. The van der Waals surface area contributed by atoms with Gasteiger partial charge in [-0.1, -0.05) is 43.3 Å². The van der Waals surface area contributed by atoms with Crippen LogP contribution in [-0.4, -0.2) is 34.6 Å². The molecule has 1 aromatic heterocycles. The smallest absolute Gasteiger partial charge is 0.270 e. The molecule has 0 saturated carbocycles. The number of nitrogens with zero attached hydrogens (tertiary/aromatic N) is 2. The first-order valence-corrected chi connectivity index (χ1v) is 10.3.